The maximum atomic E-state index is 12.5. The number of carbonyl (C=O) groups excluding carboxylic acids is 1. The standard InChI is InChI=1S/C15H13N3O2/c1-9-4-10(2)14-12(5-9)13(11(6-16)7-17)15(19)18(14)8-20-3/h4-5H,8H2,1-3H3. The van der Waals surface area contributed by atoms with E-state index in [1.165, 1.54) is 12.0 Å². The third kappa shape index (κ3) is 1.95. The Morgan fingerprint density at radius 3 is 2.50 bits per heavy atom. The lowest BCUT2D eigenvalue weighted by atomic mass is 9.98. The number of hydrogen-bond donors (Lipinski definition) is 0. The first-order valence-electron chi connectivity index (χ1n) is 6.02. The van der Waals surface area contributed by atoms with Gasteiger partial charge < -0.3 is 4.74 Å². The molecule has 1 aromatic rings. The van der Waals surface area contributed by atoms with E-state index in [0.29, 0.717) is 11.3 Å². The predicted molar refractivity (Wildman–Crippen MR) is 73.4 cm³/mol. The van der Waals surface area contributed by atoms with Crippen LogP contribution in [0.4, 0.5) is 5.69 Å². The number of amides is 1. The lowest BCUT2D eigenvalue weighted by molar-refractivity contribution is -0.113. The predicted octanol–water partition coefficient (Wildman–Crippen LogP) is 2.05. The van der Waals surface area contributed by atoms with Crippen molar-refractivity contribution in [3.05, 3.63) is 34.4 Å². The average molecular weight is 267 g/mol. The van der Waals surface area contributed by atoms with E-state index >= 15 is 0 Å². The summed E-state index contributed by atoms with van der Waals surface area (Å²) in [6, 6.07) is 7.37. The van der Waals surface area contributed by atoms with E-state index < -0.39 is 0 Å². The van der Waals surface area contributed by atoms with Crippen LogP contribution >= 0.6 is 0 Å². The maximum Gasteiger partial charge on any atom is 0.262 e. The molecule has 0 aromatic heterocycles. The Hall–Kier alpha value is -2.63. The lowest BCUT2D eigenvalue weighted by Gasteiger charge is -2.17. The molecule has 1 aliphatic rings. The Bertz CT molecular complexity index is 689. The van der Waals surface area contributed by atoms with Gasteiger partial charge in [-0.05, 0) is 25.5 Å². The molecule has 0 unspecified atom stereocenters. The number of ether oxygens (including phenoxy) is 1. The van der Waals surface area contributed by atoms with E-state index in [1.807, 2.05) is 26.0 Å². The molecular weight excluding hydrogens is 254 g/mol. The summed E-state index contributed by atoms with van der Waals surface area (Å²) in [5.41, 5.74) is 3.22. The Morgan fingerprint density at radius 2 is 1.95 bits per heavy atom. The van der Waals surface area contributed by atoms with Crippen molar-refractivity contribution in [3.8, 4) is 12.1 Å². The fraction of sp³-hybridized carbons (Fsp3) is 0.267. The van der Waals surface area contributed by atoms with Gasteiger partial charge in [0.1, 0.15) is 24.4 Å². The summed E-state index contributed by atoms with van der Waals surface area (Å²) in [5, 5.41) is 18.1. The minimum atomic E-state index is -0.367. The minimum Gasteiger partial charge on any atom is -0.364 e. The van der Waals surface area contributed by atoms with Gasteiger partial charge in [0, 0.05) is 12.7 Å². The smallest absolute Gasteiger partial charge is 0.262 e. The maximum absolute atomic E-state index is 12.5. The molecule has 0 N–H and O–H groups in total. The second-order valence-electron chi connectivity index (χ2n) is 4.60. The van der Waals surface area contributed by atoms with Gasteiger partial charge in [-0.15, -0.1) is 0 Å². The van der Waals surface area contributed by atoms with Crippen molar-refractivity contribution in [2.45, 2.75) is 13.8 Å². The van der Waals surface area contributed by atoms with Crippen LogP contribution in [0.2, 0.25) is 0 Å². The molecule has 1 heterocycles. The van der Waals surface area contributed by atoms with Crippen LogP contribution in [0.1, 0.15) is 16.7 Å². The largest absolute Gasteiger partial charge is 0.364 e. The monoisotopic (exact) mass is 267 g/mol. The van der Waals surface area contributed by atoms with E-state index in [2.05, 4.69) is 0 Å². The van der Waals surface area contributed by atoms with Crippen molar-refractivity contribution < 1.29 is 9.53 Å². The second kappa shape index (κ2) is 5.16. The van der Waals surface area contributed by atoms with Crippen molar-refractivity contribution in [2.75, 3.05) is 18.7 Å². The summed E-state index contributed by atoms with van der Waals surface area (Å²) in [7, 11) is 1.49. The first kappa shape index (κ1) is 13.8. The number of fused-ring (bicyclic) bond motifs is 1. The van der Waals surface area contributed by atoms with Crippen LogP contribution in [-0.4, -0.2) is 19.7 Å². The molecule has 0 fully saturated rings. The van der Waals surface area contributed by atoms with Crippen molar-refractivity contribution in [2.24, 2.45) is 0 Å². The Balaban J connectivity index is 2.81. The third-order valence-electron chi connectivity index (χ3n) is 3.17. The molecule has 0 spiro atoms. The zero-order valence-corrected chi connectivity index (χ0v) is 11.5. The number of nitrogens with zero attached hydrogens (tertiary/aromatic N) is 3. The molecule has 5 heteroatoms. The highest BCUT2D eigenvalue weighted by Crippen LogP contribution is 2.41. The van der Waals surface area contributed by atoms with Crippen LogP contribution in [0.3, 0.4) is 0 Å². The highest BCUT2D eigenvalue weighted by molar-refractivity contribution is 6.34. The van der Waals surface area contributed by atoms with E-state index in [9.17, 15) is 4.79 Å². The Morgan fingerprint density at radius 1 is 1.30 bits per heavy atom. The Labute approximate surface area is 117 Å². The van der Waals surface area contributed by atoms with Gasteiger partial charge in [-0.3, -0.25) is 9.69 Å². The van der Waals surface area contributed by atoms with Crippen LogP contribution in [0.5, 0.6) is 0 Å². The van der Waals surface area contributed by atoms with Crippen molar-refractivity contribution in [1.82, 2.24) is 0 Å². The number of benzene rings is 1. The van der Waals surface area contributed by atoms with Crippen molar-refractivity contribution in [3.63, 3.8) is 0 Å². The van der Waals surface area contributed by atoms with E-state index in [4.69, 9.17) is 15.3 Å². The molecule has 0 atom stereocenters. The summed E-state index contributed by atoms with van der Waals surface area (Å²) in [5.74, 6) is -0.367. The summed E-state index contributed by atoms with van der Waals surface area (Å²) < 4.78 is 5.05. The van der Waals surface area contributed by atoms with Crippen molar-refractivity contribution in [1.29, 1.82) is 10.5 Å². The molecule has 1 amide bonds. The molecule has 0 radical (unpaired) electrons. The molecule has 0 aliphatic carbocycles. The van der Waals surface area contributed by atoms with Crippen LogP contribution in [0.25, 0.3) is 5.57 Å². The Kier molecular flexibility index (Phi) is 3.56. The van der Waals surface area contributed by atoms with Gasteiger partial charge >= 0.3 is 0 Å². The normalized spacial score (nSPS) is 12.9. The third-order valence-corrected chi connectivity index (χ3v) is 3.17. The number of aryl methyl sites for hydroxylation is 2. The first-order valence-corrected chi connectivity index (χ1v) is 6.02. The molecule has 0 saturated heterocycles. The summed E-state index contributed by atoms with van der Waals surface area (Å²) in [6.07, 6.45) is 0. The van der Waals surface area contributed by atoms with Gasteiger partial charge in [0.15, 0.2) is 0 Å². The fourth-order valence-electron chi connectivity index (χ4n) is 2.49. The SMILES string of the molecule is COCN1C(=O)C(=C(C#N)C#N)c2cc(C)cc(C)c21. The van der Waals surface area contributed by atoms with Crippen LogP contribution in [-0.2, 0) is 9.53 Å². The van der Waals surface area contributed by atoms with Crippen LogP contribution in [0, 0.1) is 36.5 Å². The number of rotatable bonds is 2. The number of carbonyl (C=O) groups is 1. The first-order chi connectivity index (χ1) is 9.54. The molecule has 0 bridgehead atoms. The van der Waals surface area contributed by atoms with Gasteiger partial charge in [0.2, 0.25) is 0 Å². The number of allylic oxidation sites excluding steroid dienone is 1. The van der Waals surface area contributed by atoms with E-state index in [1.54, 1.807) is 12.1 Å². The summed E-state index contributed by atoms with van der Waals surface area (Å²) in [6.45, 7) is 3.89. The average Bonchev–Trinajstić information content (AvgIpc) is 2.66. The highest BCUT2D eigenvalue weighted by Gasteiger charge is 2.36. The van der Waals surface area contributed by atoms with E-state index in [0.717, 1.165) is 11.1 Å². The summed E-state index contributed by atoms with van der Waals surface area (Å²) in [4.78, 5) is 13.9. The topological polar surface area (TPSA) is 77.1 Å². The van der Waals surface area contributed by atoms with Gasteiger partial charge in [0.05, 0.1) is 11.3 Å². The molecule has 1 aliphatic heterocycles. The molecule has 100 valence electrons. The highest BCUT2D eigenvalue weighted by atomic mass is 16.5. The van der Waals surface area contributed by atoms with Gasteiger partial charge in [-0.2, -0.15) is 10.5 Å². The summed E-state index contributed by atoms with van der Waals surface area (Å²) >= 11 is 0. The van der Waals surface area contributed by atoms with Crippen LogP contribution in [0.15, 0.2) is 17.7 Å². The molecule has 5 nitrogen and oxygen atoms in total. The quantitative estimate of drug-likeness (QED) is 0.607. The van der Waals surface area contributed by atoms with Gasteiger partial charge in [-0.1, -0.05) is 11.6 Å². The zero-order valence-electron chi connectivity index (χ0n) is 11.5. The minimum absolute atomic E-state index is 0.0867. The molecule has 1 aromatic carbocycles. The van der Waals surface area contributed by atoms with Gasteiger partial charge in [0.25, 0.3) is 5.91 Å². The fourth-order valence-corrected chi connectivity index (χ4v) is 2.49. The van der Waals surface area contributed by atoms with E-state index in [-0.39, 0.29) is 23.8 Å². The molecular formula is C15H13N3O2. The molecule has 20 heavy (non-hydrogen) atoms. The second-order valence-corrected chi connectivity index (χ2v) is 4.60. The van der Waals surface area contributed by atoms with Gasteiger partial charge in [-0.25, -0.2) is 0 Å². The number of anilines is 1. The van der Waals surface area contributed by atoms with Crippen LogP contribution < -0.4 is 4.90 Å². The van der Waals surface area contributed by atoms with Crippen molar-refractivity contribution >= 4 is 17.2 Å². The number of nitriles is 2. The zero-order chi connectivity index (χ0) is 14.9. The molecule has 0 saturated carbocycles. The molecule has 2 rings (SSSR count). The number of hydrogen-bond acceptors (Lipinski definition) is 4. The lowest BCUT2D eigenvalue weighted by Crippen LogP contribution is -2.29. The number of methoxy groups -OCH3 is 1.